The van der Waals surface area contributed by atoms with Crippen LogP contribution in [0.1, 0.15) is 13.8 Å². The van der Waals surface area contributed by atoms with Crippen LogP contribution >= 0.6 is 0 Å². The molecule has 0 aliphatic carbocycles. The molecule has 1 aromatic carbocycles. The lowest BCUT2D eigenvalue weighted by Gasteiger charge is -2.35. The maximum absolute atomic E-state index is 12.5. The molecular weight excluding hydrogens is 366 g/mol. The summed E-state index contributed by atoms with van der Waals surface area (Å²) in [6, 6.07) is 10.4. The minimum atomic E-state index is -0.111. The fourth-order valence-corrected chi connectivity index (χ4v) is 4.35. The van der Waals surface area contributed by atoms with Gasteiger partial charge < -0.3 is 9.72 Å². The van der Waals surface area contributed by atoms with E-state index in [9.17, 15) is 4.79 Å². The Morgan fingerprint density at radius 2 is 1.93 bits per heavy atom. The SMILES string of the molecule is CC1CN(CCn2c(=O)[nH]c3ncc(-c4ccc5[nH]ccc5c4)cc32)CC(C)O1. The fourth-order valence-electron chi connectivity index (χ4n) is 4.35. The number of aromatic nitrogens is 4. The Balaban J connectivity index is 1.45. The zero-order valence-electron chi connectivity index (χ0n) is 16.7. The second-order valence-corrected chi connectivity index (χ2v) is 7.97. The third-order valence-corrected chi connectivity index (χ3v) is 5.65. The normalized spacial score (nSPS) is 20.6. The number of imidazole rings is 1. The van der Waals surface area contributed by atoms with Crippen molar-refractivity contribution < 1.29 is 4.74 Å². The van der Waals surface area contributed by atoms with Gasteiger partial charge in [-0.2, -0.15) is 0 Å². The largest absolute Gasteiger partial charge is 0.373 e. The molecule has 5 rings (SSSR count). The van der Waals surface area contributed by atoms with Crippen molar-refractivity contribution in [3.63, 3.8) is 0 Å². The Hall–Kier alpha value is -2.90. The van der Waals surface area contributed by atoms with Gasteiger partial charge in [-0.25, -0.2) is 9.78 Å². The maximum atomic E-state index is 12.5. The van der Waals surface area contributed by atoms with Crippen molar-refractivity contribution in [1.82, 2.24) is 24.4 Å². The van der Waals surface area contributed by atoms with Crippen molar-refractivity contribution in [2.75, 3.05) is 19.6 Å². The first-order valence-corrected chi connectivity index (χ1v) is 10.1. The Bertz CT molecular complexity index is 1210. The molecule has 1 saturated heterocycles. The summed E-state index contributed by atoms with van der Waals surface area (Å²) in [6.45, 7) is 7.41. The van der Waals surface area contributed by atoms with Crippen molar-refractivity contribution in [3.05, 3.63) is 53.2 Å². The van der Waals surface area contributed by atoms with Gasteiger partial charge in [0.1, 0.15) is 0 Å². The summed E-state index contributed by atoms with van der Waals surface area (Å²) in [5, 5.41) is 1.16. The van der Waals surface area contributed by atoms with Gasteiger partial charge in [0.2, 0.25) is 0 Å². The van der Waals surface area contributed by atoms with Crippen molar-refractivity contribution in [2.45, 2.75) is 32.6 Å². The molecule has 0 amide bonds. The number of aromatic amines is 2. The Morgan fingerprint density at radius 3 is 2.76 bits per heavy atom. The summed E-state index contributed by atoms with van der Waals surface area (Å²) in [7, 11) is 0. The highest BCUT2D eigenvalue weighted by molar-refractivity contribution is 5.86. The quantitative estimate of drug-likeness (QED) is 0.561. The average molecular weight is 391 g/mol. The van der Waals surface area contributed by atoms with Gasteiger partial charge in [-0.1, -0.05) is 6.07 Å². The predicted octanol–water partition coefficient (Wildman–Crippen LogP) is 2.98. The summed E-state index contributed by atoms with van der Waals surface area (Å²) < 4.78 is 7.61. The van der Waals surface area contributed by atoms with Crippen molar-refractivity contribution in [3.8, 4) is 11.1 Å². The van der Waals surface area contributed by atoms with Gasteiger partial charge in [0.05, 0.1) is 17.7 Å². The molecule has 4 aromatic rings. The molecule has 2 atom stereocenters. The number of rotatable bonds is 4. The van der Waals surface area contributed by atoms with Crippen LogP contribution in [0.5, 0.6) is 0 Å². The molecular formula is C22H25N5O2. The summed E-state index contributed by atoms with van der Waals surface area (Å²) in [5.41, 5.74) is 4.56. The Labute approximate surface area is 168 Å². The lowest BCUT2D eigenvalue weighted by molar-refractivity contribution is -0.0685. The van der Waals surface area contributed by atoms with Crippen LogP contribution in [0.15, 0.2) is 47.5 Å². The van der Waals surface area contributed by atoms with Gasteiger partial charge >= 0.3 is 5.69 Å². The van der Waals surface area contributed by atoms with Crippen LogP contribution < -0.4 is 5.69 Å². The molecule has 4 heterocycles. The van der Waals surface area contributed by atoms with Crippen LogP contribution in [0, 0.1) is 0 Å². The second-order valence-electron chi connectivity index (χ2n) is 7.97. The monoisotopic (exact) mass is 391 g/mol. The van der Waals surface area contributed by atoms with E-state index in [2.05, 4.69) is 64.0 Å². The summed E-state index contributed by atoms with van der Waals surface area (Å²) >= 11 is 0. The maximum Gasteiger partial charge on any atom is 0.327 e. The zero-order chi connectivity index (χ0) is 20.0. The molecule has 0 spiro atoms. The first kappa shape index (κ1) is 18.1. The van der Waals surface area contributed by atoms with E-state index in [1.54, 1.807) is 4.57 Å². The highest BCUT2D eigenvalue weighted by Crippen LogP contribution is 2.25. The molecule has 1 aliphatic heterocycles. The van der Waals surface area contributed by atoms with Crippen LogP contribution in [-0.2, 0) is 11.3 Å². The van der Waals surface area contributed by atoms with Crippen molar-refractivity contribution >= 4 is 22.1 Å². The van der Waals surface area contributed by atoms with E-state index in [1.165, 1.54) is 0 Å². The molecule has 2 unspecified atom stereocenters. The highest BCUT2D eigenvalue weighted by atomic mass is 16.5. The Morgan fingerprint density at radius 1 is 1.10 bits per heavy atom. The highest BCUT2D eigenvalue weighted by Gasteiger charge is 2.22. The molecule has 7 heteroatoms. The number of hydrogen-bond donors (Lipinski definition) is 2. The van der Waals surface area contributed by atoms with Crippen LogP contribution in [0.2, 0.25) is 0 Å². The summed E-state index contributed by atoms with van der Waals surface area (Å²) in [5.74, 6) is 0. The molecule has 1 fully saturated rings. The van der Waals surface area contributed by atoms with Crippen LogP contribution in [0.25, 0.3) is 33.2 Å². The molecule has 0 saturated carbocycles. The van der Waals surface area contributed by atoms with Gasteiger partial charge in [-0.3, -0.25) is 14.5 Å². The molecule has 150 valence electrons. The van der Waals surface area contributed by atoms with Crippen molar-refractivity contribution in [1.29, 1.82) is 0 Å². The molecule has 1 aliphatic rings. The number of benzene rings is 1. The molecule has 0 bridgehead atoms. The molecule has 2 N–H and O–H groups in total. The third-order valence-electron chi connectivity index (χ3n) is 5.65. The van der Waals surface area contributed by atoms with Gasteiger partial charge in [0, 0.05) is 49.7 Å². The number of fused-ring (bicyclic) bond motifs is 2. The standard InChI is InChI=1S/C22H25N5O2/c1-14-12-26(13-15(2)29-14)7-8-27-20-10-18(11-24-21(20)25-22(27)28)16-3-4-19-17(9-16)5-6-23-19/h3-6,9-11,14-15,23H,7-8,12-13H2,1-2H3,(H,24,25,28). The van der Waals surface area contributed by atoms with E-state index in [1.807, 2.05) is 12.4 Å². The van der Waals surface area contributed by atoms with E-state index in [0.29, 0.717) is 12.2 Å². The topological polar surface area (TPSA) is 78.9 Å². The molecule has 0 radical (unpaired) electrons. The molecule has 29 heavy (non-hydrogen) atoms. The van der Waals surface area contributed by atoms with Crippen LogP contribution in [-0.4, -0.2) is 56.3 Å². The van der Waals surface area contributed by atoms with Crippen molar-refractivity contribution in [2.24, 2.45) is 0 Å². The van der Waals surface area contributed by atoms with Crippen LogP contribution in [0.3, 0.4) is 0 Å². The molecule has 3 aromatic heterocycles. The minimum absolute atomic E-state index is 0.111. The lowest BCUT2D eigenvalue weighted by Crippen LogP contribution is -2.46. The number of pyridine rings is 1. The van der Waals surface area contributed by atoms with E-state index in [4.69, 9.17) is 4.74 Å². The number of H-pyrrole nitrogens is 2. The first-order valence-electron chi connectivity index (χ1n) is 10.1. The average Bonchev–Trinajstić information content (AvgIpc) is 3.28. The van der Waals surface area contributed by atoms with E-state index < -0.39 is 0 Å². The van der Waals surface area contributed by atoms with Gasteiger partial charge in [-0.05, 0) is 49.1 Å². The van der Waals surface area contributed by atoms with Crippen LogP contribution in [0.4, 0.5) is 0 Å². The predicted molar refractivity (Wildman–Crippen MR) is 114 cm³/mol. The zero-order valence-corrected chi connectivity index (χ0v) is 16.7. The smallest absolute Gasteiger partial charge is 0.327 e. The number of nitrogens with one attached hydrogen (secondary N) is 2. The number of morpholine rings is 1. The fraction of sp³-hybridized carbons (Fsp3) is 0.364. The van der Waals surface area contributed by atoms with E-state index in [-0.39, 0.29) is 17.9 Å². The minimum Gasteiger partial charge on any atom is -0.373 e. The third kappa shape index (κ3) is 3.47. The summed E-state index contributed by atoms with van der Waals surface area (Å²) in [4.78, 5) is 25.5. The van der Waals surface area contributed by atoms with E-state index >= 15 is 0 Å². The number of hydrogen-bond acceptors (Lipinski definition) is 4. The first-order chi connectivity index (χ1) is 14.1. The molecule has 7 nitrogen and oxygen atoms in total. The number of nitrogens with zero attached hydrogens (tertiary/aromatic N) is 3. The lowest BCUT2D eigenvalue weighted by atomic mass is 10.1. The van der Waals surface area contributed by atoms with E-state index in [0.717, 1.165) is 47.2 Å². The van der Waals surface area contributed by atoms with Gasteiger partial charge in [0.15, 0.2) is 5.65 Å². The van der Waals surface area contributed by atoms with Gasteiger partial charge in [-0.15, -0.1) is 0 Å². The number of ether oxygens (including phenoxy) is 1. The second kappa shape index (κ2) is 7.17. The Kier molecular flexibility index (Phi) is 4.49. The summed E-state index contributed by atoms with van der Waals surface area (Å²) in [6.07, 6.45) is 4.19. The van der Waals surface area contributed by atoms with Gasteiger partial charge in [0.25, 0.3) is 0 Å².